The van der Waals surface area contributed by atoms with Crippen LogP contribution in [0.4, 0.5) is 0 Å². The van der Waals surface area contributed by atoms with Crippen LogP contribution in [0, 0.1) is 6.92 Å². The van der Waals surface area contributed by atoms with Crippen LogP contribution in [0.5, 0.6) is 5.75 Å². The maximum Gasteiger partial charge on any atom is 0.264 e. The monoisotopic (exact) mass is 343 g/mol. The Morgan fingerprint density at radius 1 is 1.42 bits per heavy atom. The number of nitrogens with zero attached hydrogens (tertiary/aromatic N) is 3. The fourth-order valence-corrected chi connectivity index (χ4v) is 4.40. The fraction of sp³-hybridized carbons (Fsp3) is 0.444. The number of likely N-dealkylation sites (tertiary alicyclic amines) is 1. The molecule has 1 fully saturated rings. The molecule has 1 aromatic carbocycles. The number of thioether (sulfide) groups is 1. The Hall–Kier alpha value is -1.95. The van der Waals surface area contributed by atoms with Crippen molar-refractivity contribution in [3.63, 3.8) is 0 Å². The van der Waals surface area contributed by atoms with Gasteiger partial charge in [0.05, 0.1) is 18.8 Å². The van der Waals surface area contributed by atoms with Crippen LogP contribution in [0.3, 0.4) is 0 Å². The van der Waals surface area contributed by atoms with Gasteiger partial charge in [0.2, 0.25) is 0 Å². The molecule has 1 saturated heterocycles. The highest BCUT2D eigenvalue weighted by Gasteiger charge is 2.36. The van der Waals surface area contributed by atoms with E-state index in [2.05, 4.69) is 5.10 Å². The van der Waals surface area contributed by atoms with E-state index in [1.165, 1.54) is 0 Å². The van der Waals surface area contributed by atoms with Gasteiger partial charge in [-0.25, -0.2) is 0 Å². The molecule has 0 spiro atoms. The lowest BCUT2D eigenvalue weighted by atomic mass is 10.2. The number of carbonyl (C=O) groups is 1. The van der Waals surface area contributed by atoms with Crippen LogP contribution in [0.15, 0.2) is 41.6 Å². The second kappa shape index (κ2) is 6.51. The smallest absolute Gasteiger partial charge is 0.264 e. The normalized spacial score (nSPS) is 23.0. The molecule has 0 radical (unpaired) electrons. The predicted octanol–water partition coefficient (Wildman–Crippen LogP) is 2.74. The van der Waals surface area contributed by atoms with Gasteiger partial charge in [0.15, 0.2) is 6.10 Å². The number of aryl methyl sites for hydroxylation is 1. The van der Waals surface area contributed by atoms with Crippen molar-refractivity contribution >= 4 is 17.7 Å². The second-order valence-electron chi connectivity index (χ2n) is 6.43. The van der Waals surface area contributed by atoms with Gasteiger partial charge in [-0.15, -0.1) is 11.8 Å². The van der Waals surface area contributed by atoms with Crippen LogP contribution in [0.25, 0.3) is 0 Å². The zero-order valence-electron chi connectivity index (χ0n) is 13.7. The molecule has 2 aromatic rings. The van der Waals surface area contributed by atoms with Gasteiger partial charge in [-0.1, -0.05) is 12.1 Å². The maximum atomic E-state index is 13.0. The average Bonchev–Trinajstić information content (AvgIpc) is 3.23. The van der Waals surface area contributed by atoms with Crippen molar-refractivity contribution in [1.29, 1.82) is 0 Å². The van der Waals surface area contributed by atoms with Gasteiger partial charge in [0.1, 0.15) is 5.75 Å². The molecule has 2 aliphatic rings. The summed E-state index contributed by atoms with van der Waals surface area (Å²) in [5, 5.41) is 4.36. The van der Waals surface area contributed by atoms with E-state index in [4.69, 9.17) is 4.74 Å². The van der Waals surface area contributed by atoms with E-state index in [1.54, 1.807) is 11.8 Å². The zero-order chi connectivity index (χ0) is 16.5. The summed E-state index contributed by atoms with van der Waals surface area (Å²) in [5.74, 6) is 1.62. The Balaban J connectivity index is 1.45. The molecule has 0 bridgehead atoms. The number of hydrogen-bond donors (Lipinski definition) is 0. The van der Waals surface area contributed by atoms with E-state index >= 15 is 0 Å². The van der Waals surface area contributed by atoms with Crippen LogP contribution < -0.4 is 4.74 Å². The lowest BCUT2D eigenvalue weighted by Gasteiger charge is -2.31. The Morgan fingerprint density at radius 2 is 2.29 bits per heavy atom. The van der Waals surface area contributed by atoms with Gasteiger partial charge in [-0.2, -0.15) is 5.10 Å². The first-order valence-corrected chi connectivity index (χ1v) is 9.37. The lowest BCUT2D eigenvalue weighted by Crippen LogP contribution is -2.47. The SMILES string of the molecule is Cc1cnn(CC2CCCN2C(=O)C2CSc3ccccc3O2)c1. The minimum atomic E-state index is -0.384. The number of aromatic nitrogens is 2. The van der Waals surface area contributed by atoms with Gasteiger partial charge >= 0.3 is 0 Å². The molecule has 24 heavy (non-hydrogen) atoms. The number of ether oxygens (including phenoxy) is 1. The number of benzene rings is 1. The Bertz CT molecular complexity index is 745. The molecular weight excluding hydrogens is 322 g/mol. The first kappa shape index (κ1) is 15.6. The van der Waals surface area contributed by atoms with Gasteiger partial charge in [-0.05, 0) is 37.5 Å². The third-order valence-corrected chi connectivity index (χ3v) is 5.72. The highest BCUT2D eigenvalue weighted by Crippen LogP contribution is 2.36. The summed E-state index contributed by atoms with van der Waals surface area (Å²) in [6, 6.07) is 8.14. The molecule has 5 nitrogen and oxygen atoms in total. The van der Waals surface area contributed by atoms with Crippen molar-refractivity contribution < 1.29 is 9.53 Å². The van der Waals surface area contributed by atoms with Crippen LogP contribution in [-0.2, 0) is 11.3 Å². The number of hydrogen-bond acceptors (Lipinski definition) is 4. The predicted molar refractivity (Wildman–Crippen MR) is 93.3 cm³/mol. The second-order valence-corrected chi connectivity index (χ2v) is 7.49. The van der Waals surface area contributed by atoms with Crippen molar-refractivity contribution in [1.82, 2.24) is 14.7 Å². The summed E-state index contributed by atoms with van der Waals surface area (Å²) in [5.41, 5.74) is 1.15. The molecule has 1 amide bonds. The van der Waals surface area contributed by atoms with Crippen molar-refractivity contribution in [2.24, 2.45) is 0 Å². The molecule has 126 valence electrons. The molecule has 2 aliphatic heterocycles. The quantitative estimate of drug-likeness (QED) is 0.860. The third-order valence-electron chi connectivity index (χ3n) is 4.60. The molecular formula is C18H21N3O2S. The molecule has 6 heteroatoms. The molecule has 3 heterocycles. The van der Waals surface area contributed by atoms with E-state index in [9.17, 15) is 4.79 Å². The van der Waals surface area contributed by atoms with Gasteiger partial charge in [0.25, 0.3) is 5.91 Å². The molecule has 0 aliphatic carbocycles. The summed E-state index contributed by atoms with van der Waals surface area (Å²) < 4.78 is 7.92. The Labute approximate surface area is 146 Å². The summed E-state index contributed by atoms with van der Waals surface area (Å²) in [6.45, 7) is 3.61. The maximum absolute atomic E-state index is 13.0. The van der Waals surface area contributed by atoms with Crippen LogP contribution in [0.2, 0.25) is 0 Å². The highest BCUT2D eigenvalue weighted by molar-refractivity contribution is 7.99. The molecule has 2 unspecified atom stereocenters. The van der Waals surface area contributed by atoms with Crippen LogP contribution in [0.1, 0.15) is 18.4 Å². The summed E-state index contributed by atoms with van der Waals surface area (Å²) in [6.07, 6.45) is 5.59. The van der Waals surface area contributed by atoms with Crippen molar-refractivity contribution in [2.75, 3.05) is 12.3 Å². The molecule has 2 atom stereocenters. The average molecular weight is 343 g/mol. The van der Waals surface area contributed by atoms with Crippen molar-refractivity contribution in [3.05, 3.63) is 42.2 Å². The fourth-order valence-electron chi connectivity index (χ4n) is 3.42. The van der Waals surface area contributed by atoms with E-state index in [-0.39, 0.29) is 18.1 Å². The van der Waals surface area contributed by atoms with Gasteiger partial charge in [-0.3, -0.25) is 9.48 Å². The standard InChI is InChI=1S/C18H21N3O2S/c1-13-9-19-20(10-13)11-14-5-4-8-21(14)18(22)16-12-24-17-7-3-2-6-15(17)23-16/h2-3,6-7,9-10,14,16H,4-5,8,11-12H2,1H3. The summed E-state index contributed by atoms with van der Waals surface area (Å²) in [7, 11) is 0. The van der Waals surface area contributed by atoms with Gasteiger partial charge in [0, 0.05) is 23.4 Å². The lowest BCUT2D eigenvalue weighted by molar-refractivity contribution is -0.139. The Morgan fingerprint density at radius 3 is 3.12 bits per heavy atom. The summed E-state index contributed by atoms with van der Waals surface area (Å²) in [4.78, 5) is 16.1. The summed E-state index contributed by atoms with van der Waals surface area (Å²) >= 11 is 1.70. The number of carbonyl (C=O) groups excluding carboxylic acids is 1. The minimum absolute atomic E-state index is 0.114. The van der Waals surface area contributed by atoms with Crippen LogP contribution in [-0.4, -0.2) is 45.0 Å². The highest BCUT2D eigenvalue weighted by atomic mass is 32.2. The van der Waals surface area contributed by atoms with Crippen LogP contribution >= 0.6 is 11.8 Å². The molecule has 0 N–H and O–H groups in total. The van der Waals surface area contributed by atoms with Gasteiger partial charge < -0.3 is 9.64 Å². The zero-order valence-corrected chi connectivity index (χ0v) is 14.5. The minimum Gasteiger partial charge on any atom is -0.479 e. The Kier molecular flexibility index (Phi) is 4.22. The third kappa shape index (κ3) is 3.02. The first-order chi connectivity index (χ1) is 11.7. The van der Waals surface area contributed by atoms with E-state index in [1.807, 2.05) is 53.2 Å². The first-order valence-electron chi connectivity index (χ1n) is 8.39. The molecule has 1 aromatic heterocycles. The number of para-hydroxylation sites is 1. The largest absolute Gasteiger partial charge is 0.479 e. The number of fused-ring (bicyclic) bond motifs is 1. The number of amides is 1. The van der Waals surface area contributed by atoms with E-state index in [0.717, 1.165) is 42.1 Å². The molecule has 4 rings (SSSR count). The van der Waals surface area contributed by atoms with Crippen molar-refractivity contribution in [2.45, 2.75) is 43.4 Å². The molecule has 0 saturated carbocycles. The van der Waals surface area contributed by atoms with E-state index in [0.29, 0.717) is 5.75 Å². The van der Waals surface area contributed by atoms with E-state index < -0.39 is 0 Å². The van der Waals surface area contributed by atoms with Crippen molar-refractivity contribution in [3.8, 4) is 5.75 Å². The topological polar surface area (TPSA) is 47.4 Å². The number of rotatable bonds is 3.